The number of hydrogen-bond donors (Lipinski definition) is 1. The number of carbonyl (C=O) groups is 1. The van der Waals surface area contributed by atoms with Gasteiger partial charge in [0.1, 0.15) is 12.4 Å². The van der Waals surface area contributed by atoms with Crippen molar-refractivity contribution in [2.75, 3.05) is 0 Å². The molecule has 170 valence electrons. The fourth-order valence-electron chi connectivity index (χ4n) is 3.42. The standard InChI is InChI=1S/C24H17BrF3NO4/c25-19-8-4-7-17(13-19)21-14-23(31,18-9-11-20(12-10-18)33-24(26,27)28)29(22(21)30)32-15-16-5-2-1-3-6-16/h1-14,31H,15H2. The van der Waals surface area contributed by atoms with E-state index in [0.29, 0.717) is 5.56 Å². The van der Waals surface area contributed by atoms with Crippen molar-refractivity contribution >= 4 is 27.4 Å². The zero-order chi connectivity index (χ0) is 23.6. The summed E-state index contributed by atoms with van der Waals surface area (Å²) in [6.45, 7) is -0.0102. The minimum atomic E-state index is -4.85. The maximum absolute atomic E-state index is 13.3. The normalized spacial score (nSPS) is 18.4. The number of nitrogens with zero attached hydrogens (tertiary/aromatic N) is 1. The number of amides is 1. The quantitative estimate of drug-likeness (QED) is 0.463. The second-order valence-corrected chi connectivity index (χ2v) is 8.14. The number of hydroxylamine groups is 2. The van der Waals surface area contributed by atoms with Crippen molar-refractivity contribution < 1.29 is 32.6 Å². The maximum atomic E-state index is 13.3. The van der Waals surface area contributed by atoms with E-state index in [4.69, 9.17) is 4.84 Å². The summed E-state index contributed by atoms with van der Waals surface area (Å²) in [7, 11) is 0. The van der Waals surface area contributed by atoms with E-state index in [1.807, 2.05) is 6.07 Å². The Morgan fingerprint density at radius 3 is 2.30 bits per heavy atom. The number of alkyl halides is 3. The van der Waals surface area contributed by atoms with Crippen molar-refractivity contribution in [2.24, 2.45) is 0 Å². The second kappa shape index (κ2) is 9.01. The van der Waals surface area contributed by atoms with E-state index >= 15 is 0 Å². The Bertz CT molecular complexity index is 1180. The van der Waals surface area contributed by atoms with Crippen molar-refractivity contribution in [3.8, 4) is 5.75 Å². The van der Waals surface area contributed by atoms with Crippen LogP contribution in [0.2, 0.25) is 0 Å². The van der Waals surface area contributed by atoms with Crippen LogP contribution >= 0.6 is 15.9 Å². The number of aliphatic hydroxyl groups is 1. The molecule has 1 amide bonds. The highest BCUT2D eigenvalue weighted by atomic mass is 79.9. The van der Waals surface area contributed by atoms with Gasteiger partial charge in [0, 0.05) is 10.0 Å². The van der Waals surface area contributed by atoms with Crippen molar-refractivity contribution in [3.05, 3.63) is 106 Å². The Labute approximate surface area is 195 Å². The van der Waals surface area contributed by atoms with Gasteiger partial charge in [-0.15, -0.1) is 13.2 Å². The molecule has 4 rings (SSSR count). The number of carbonyl (C=O) groups excluding carboxylic acids is 1. The van der Waals surface area contributed by atoms with Crippen LogP contribution in [0.15, 0.2) is 89.4 Å². The van der Waals surface area contributed by atoms with Gasteiger partial charge in [-0.3, -0.25) is 9.63 Å². The van der Waals surface area contributed by atoms with Crippen LogP contribution < -0.4 is 4.74 Å². The maximum Gasteiger partial charge on any atom is 0.573 e. The van der Waals surface area contributed by atoms with Gasteiger partial charge in [0.15, 0.2) is 0 Å². The topological polar surface area (TPSA) is 59.0 Å². The Hall–Kier alpha value is -3.14. The summed E-state index contributed by atoms with van der Waals surface area (Å²) in [5, 5.41) is 12.4. The van der Waals surface area contributed by atoms with Gasteiger partial charge in [0.25, 0.3) is 5.91 Å². The van der Waals surface area contributed by atoms with E-state index in [9.17, 15) is 23.1 Å². The first-order valence-corrected chi connectivity index (χ1v) is 10.5. The number of benzene rings is 3. The molecule has 0 aliphatic carbocycles. The first-order chi connectivity index (χ1) is 15.7. The minimum absolute atomic E-state index is 0.0102. The fraction of sp³-hybridized carbons (Fsp3) is 0.125. The Balaban J connectivity index is 1.70. The minimum Gasteiger partial charge on any atom is -0.406 e. The molecule has 0 saturated carbocycles. The van der Waals surface area contributed by atoms with Crippen LogP contribution in [0.3, 0.4) is 0 Å². The Kier molecular flexibility index (Phi) is 6.29. The average Bonchev–Trinajstić information content (AvgIpc) is 3.03. The smallest absolute Gasteiger partial charge is 0.406 e. The third-order valence-corrected chi connectivity index (χ3v) is 5.41. The lowest BCUT2D eigenvalue weighted by Crippen LogP contribution is -2.43. The highest BCUT2D eigenvalue weighted by molar-refractivity contribution is 9.10. The molecule has 1 unspecified atom stereocenters. The third-order valence-electron chi connectivity index (χ3n) is 4.92. The molecule has 0 bridgehead atoms. The second-order valence-electron chi connectivity index (χ2n) is 7.23. The first kappa shape index (κ1) is 23.0. The van der Waals surface area contributed by atoms with E-state index in [1.54, 1.807) is 48.5 Å². The van der Waals surface area contributed by atoms with Gasteiger partial charge in [-0.25, -0.2) is 0 Å². The first-order valence-electron chi connectivity index (χ1n) is 9.74. The molecule has 0 spiro atoms. The monoisotopic (exact) mass is 519 g/mol. The molecule has 1 heterocycles. The van der Waals surface area contributed by atoms with Crippen LogP contribution in [-0.2, 0) is 22.0 Å². The van der Waals surface area contributed by atoms with Crippen molar-refractivity contribution in [1.29, 1.82) is 0 Å². The highest BCUT2D eigenvalue weighted by Gasteiger charge is 2.47. The van der Waals surface area contributed by atoms with Gasteiger partial charge in [-0.2, -0.15) is 5.06 Å². The molecule has 0 aromatic heterocycles. The van der Waals surface area contributed by atoms with Crippen LogP contribution in [0.5, 0.6) is 5.75 Å². The molecule has 1 aliphatic rings. The van der Waals surface area contributed by atoms with Crippen molar-refractivity contribution in [3.63, 3.8) is 0 Å². The van der Waals surface area contributed by atoms with E-state index in [0.717, 1.165) is 27.2 Å². The Morgan fingerprint density at radius 1 is 0.970 bits per heavy atom. The largest absolute Gasteiger partial charge is 0.573 e. The summed E-state index contributed by atoms with van der Waals surface area (Å²) in [6, 6.07) is 20.6. The zero-order valence-corrected chi connectivity index (χ0v) is 18.5. The lowest BCUT2D eigenvalue weighted by atomic mass is 10.0. The molecule has 1 atom stereocenters. The Morgan fingerprint density at radius 2 is 1.67 bits per heavy atom. The van der Waals surface area contributed by atoms with Gasteiger partial charge in [-0.05, 0) is 41.5 Å². The van der Waals surface area contributed by atoms with Crippen molar-refractivity contribution in [2.45, 2.75) is 18.7 Å². The van der Waals surface area contributed by atoms with Gasteiger partial charge in [0.05, 0.1) is 5.57 Å². The van der Waals surface area contributed by atoms with Crippen LogP contribution in [-0.4, -0.2) is 22.4 Å². The molecule has 5 nitrogen and oxygen atoms in total. The molecule has 0 fully saturated rings. The van der Waals surface area contributed by atoms with Crippen molar-refractivity contribution in [1.82, 2.24) is 5.06 Å². The zero-order valence-electron chi connectivity index (χ0n) is 16.9. The summed E-state index contributed by atoms with van der Waals surface area (Å²) in [6.07, 6.45) is -3.53. The number of halogens is 4. The predicted octanol–water partition coefficient (Wildman–Crippen LogP) is 5.55. The van der Waals surface area contributed by atoms with Gasteiger partial charge in [0.2, 0.25) is 5.72 Å². The van der Waals surface area contributed by atoms with Gasteiger partial charge in [-0.1, -0.05) is 70.5 Å². The summed E-state index contributed by atoms with van der Waals surface area (Å²) in [5.74, 6) is -1.05. The van der Waals surface area contributed by atoms with E-state index in [1.165, 1.54) is 18.2 Å². The fourth-order valence-corrected chi connectivity index (χ4v) is 3.82. The van der Waals surface area contributed by atoms with Crippen LogP contribution in [0.1, 0.15) is 16.7 Å². The van der Waals surface area contributed by atoms with E-state index < -0.39 is 23.7 Å². The molecular formula is C24H17BrF3NO4. The lowest BCUT2D eigenvalue weighted by molar-refractivity contribution is -0.274. The lowest BCUT2D eigenvalue weighted by Gasteiger charge is -2.32. The van der Waals surface area contributed by atoms with E-state index in [-0.39, 0.29) is 17.7 Å². The molecule has 0 radical (unpaired) electrons. The third kappa shape index (κ3) is 5.11. The SMILES string of the molecule is O=C1C(c2cccc(Br)c2)=CC(O)(c2ccc(OC(F)(F)F)cc2)N1OCc1ccccc1. The predicted molar refractivity (Wildman–Crippen MR) is 117 cm³/mol. The summed E-state index contributed by atoms with van der Waals surface area (Å²) < 4.78 is 42.1. The van der Waals surface area contributed by atoms with Crippen LogP contribution in [0, 0.1) is 0 Å². The molecule has 0 saturated heterocycles. The van der Waals surface area contributed by atoms with E-state index in [2.05, 4.69) is 20.7 Å². The summed E-state index contributed by atoms with van der Waals surface area (Å²) in [5.41, 5.74) is -0.445. The van der Waals surface area contributed by atoms with Crippen LogP contribution in [0.25, 0.3) is 5.57 Å². The molecule has 1 N–H and O–H groups in total. The number of rotatable bonds is 6. The molecule has 9 heteroatoms. The molecule has 3 aromatic rings. The molecule has 1 aliphatic heterocycles. The summed E-state index contributed by atoms with van der Waals surface area (Å²) >= 11 is 3.36. The molecule has 3 aromatic carbocycles. The summed E-state index contributed by atoms with van der Waals surface area (Å²) in [4.78, 5) is 19.0. The van der Waals surface area contributed by atoms with Crippen LogP contribution in [0.4, 0.5) is 13.2 Å². The van der Waals surface area contributed by atoms with Gasteiger partial charge >= 0.3 is 6.36 Å². The molecule has 33 heavy (non-hydrogen) atoms. The molecular weight excluding hydrogens is 503 g/mol. The highest BCUT2D eigenvalue weighted by Crippen LogP contribution is 2.40. The number of hydrogen-bond acceptors (Lipinski definition) is 4. The van der Waals surface area contributed by atoms with Gasteiger partial charge < -0.3 is 9.84 Å². The number of ether oxygens (including phenoxy) is 1. The average molecular weight is 520 g/mol.